The summed E-state index contributed by atoms with van der Waals surface area (Å²) in [7, 11) is 0. The molecule has 3 heterocycles. The molecule has 2 aromatic heterocycles. The van der Waals surface area contributed by atoms with Crippen molar-refractivity contribution in [3.8, 4) is 0 Å². The lowest BCUT2D eigenvalue weighted by atomic mass is 9.90. The minimum Gasteiger partial charge on any atom is -0.466 e. The number of nitrogens with one attached hydrogen (secondary N) is 1. The molecule has 1 atom stereocenters. The van der Waals surface area contributed by atoms with E-state index in [0.717, 1.165) is 42.1 Å². The molecule has 3 aromatic rings. The maximum atomic E-state index is 13.0. The Bertz CT molecular complexity index is 1120. The van der Waals surface area contributed by atoms with Crippen molar-refractivity contribution in [1.29, 1.82) is 0 Å². The fourth-order valence-electron chi connectivity index (χ4n) is 4.59. The quantitative estimate of drug-likeness (QED) is 0.463. The number of hydrogen-bond donors (Lipinski definition) is 1. The van der Waals surface area contributed by atoms with Gasteiger partial charge in [0.25, 0.3) is 5.91 Å². The van der Waals surface area contributed by atoms with E-state index in [9.17, 15) is 9.59 Å². The van der Waals surface area contributed by atoms with E-state index in [4.69, 9.17) is 4.74 Å². The lowest BCUT2D eigenvalue weighted by Crippen LogP contribution is -2.40. The van der Waals surface area contributed by atoms with Crippen LogP contribution >= 0.6 is 11.3 Å². The molecule has 0 spiro atoms. The number of aryl methyl sites for hydroxylation is 1. The Labute approximate surface area is 205 Å². The van der Waals surface area contributed by atoms with Crippen molar-refractivity contribution in [2.45, 2.75) is 39.7 Å². The monoisotopic (exact) mass is 477 g/mol. The second-order valence-electron chi connectivity index (χ2n) is 8.59. The van der Waals surface area contributed by atoms with E-state index in [-0.39, 0.29) is 23.8 Å². The topological polar surface area (TPSA) is 71.5 Å². The van der Waals surface area contributed by atoms with E-state index in [1.54, 1.807) is 11.3 Å². The standard InChI is InChI=1S/C27H31N3O3S/c1-4-33-27(32)22-12-16-30(17-13-22)24(20-10-14-28-15-11-20)23-18(2)19(3)34-26(23)29-25(31)21-8-6-5-7-9-21/h5-11,14-15,22,24H,4,12-13,16-17H2,1-3H3,(H,29,31)/t24-/m1/s1. The van der Waals surface area contributed by atoms with E-state index in [2.05, 4.69) is 29.0 Å². The zero-order valence-corrected chi connectivity index (χ0v) is 20.7. The van der Waals surface area contributed by atoms with Crippen molar-refractivity contribution in [3.63, 3.8) is 0 Å². The number of hydrogen-bond acceptors (Lipinski definition) is 6. The lowest BCUT2D eigenvalue weighted by molar-refractivity contribution is -0.149. The van der Waals surface area contributed by atoms with Crippen molar-refractivity contribution < 1.29 is 14.3 Å². The van der Waals surface area contributed by atoms with Crippen LogP contribution in [0.4, 0.5) is 5.00 Å². The number of benzene rings is 1. The van der Waals surface area contributed by atoms with E-state index in [0.29, 0.717) is 12.2 Å². The number of pyridine rings is 1. The van der Waals surface area contributed by atoms with E-state index >= 15 is 0 Å². The summed E-state index contributed by atoms with van der Waals surface area (Å²) >= 11 is 1.61. The first-order chi connectivity index (χ1) is 16.5. The summed E-state index contributed by atoms with van der Waals surface area (Å²) < 4.78 is 5.26. The number of likely N-dealkylation sites (tertiary alicyclic amines) is 1. The zero-order valence-electron chi connectivity index (χ0n) is 19.9. The average Bonchev–Trinajstić information content (AvgIpc) is 3.14. The molecule has 178 valence electrons. The number of esters is 1. The molecule has 34 heavy (non-hydrogen) atoms. The average molecular weight is 478 g/mol. The molecule has 1 aliphatic heterocycles. The summed E-state index contributed by atoms with van der Waals surface area (Å²) in [4.78, 5) is 33.1. The largest absolute Gasteiger partial charge is 0.466 e. The van der Waals surface area contributed by atoms with Crippen LogP contribution in [-0.2, 0) is 9.53 Å². The summed E-state index contributed by atoms with van der Waals surface area (Å²) in [5.41, 5.74) is 4.06. The van der Waals surface area contributed by atoms with Crippen molar-refractivity contribution in [2.24, 2.45) is 5.92 Å². The normalized spacial score (nSPS) is 15.6. The Balaban J connectivity index is 1.67. The number of ether oxygens (including phenoxy) is 1. The van der Waals surface area contributed by atoms with Crippen LogP contribution in [0.3, 0.4) is 0 Å². The van der Waals surface area contributed by atoms with Gasteiger partial charge in [0.2, 0.25) is 0 Å². The highest BCUT2D eigenvalue weighted by molar-refractivity contribution is 7.16. The van der Waals surface area contributed by atoms with Crippen LogP contribution in [0.1, 0.15) is 57.7 Å². The number of amides is 1. The van der Waals surface area contributed by atoms with Crippen molar-refractivity contribution in [3.05, 3.63) is 82.0 Å². The summed E-state index contributed by atoms with van der Waals surface area (Å²) in [6, 6.07) is 13.3. The molecule has 0 aliphatic carbocycles. The maximum absolute atomic E-state index is 13.0. The summed E-state index contributed by atoms with van der Waals surface area (Å²) in [6.45, 7) is 8.03. The lowest BCUT2D eigenvalue weighted by Gasteiger charge is -2.38. The Hall–Kier alpha value is -3.03. The first-order valence-corrected chi connectivity index (χ1v) is 12.6. The number of anilines is 1. The fourth-order valence-corrected chi connectivity index (χ4v) is 5.68. The van der Waals surface area contributed by atoms with Gasteiger partial charge in [-0.25, -0.2) is 0 Å². The molecular formula is C27H31N3O3S. The first-order valence-electron chi connectivity index (χ1n) is 11.8. The molecule has 4 rings (SSSR count). The van der Waals surface area contributed by atoms with Gasteiger partial charge < -0.3 is 10.1 Å². The third kappa shape index (κ3) is 5.21. The first kappa shape index (κ1) is 24.1. The SMILES string of the molecule is CCOC(=O)C1CCN([C@H](c2ccncc2)c2c(NC(=O)c3ccccc3)sc(C)c2C)CC1. The maximum Gasteiger partial charge on any atom is 0.309 e. The van der Waals surface area contributed by atoms with Gasteiger partial charge in [0.15, 0.2) is 0 Å². The predicted octanol–water partition coefficient (Wildman–Crippen LogP) is 5.38. The Morgan fingerprint density at radius 2 is 1.79 bits per heavy atom. The van der Waals surface area contributed by atoms with Crippen LogP contribution in [0.5, 0.6) is 0 Å². The van der Waals surface area contributed by atoms with Gasteiger partial charge in [-0.1, -0.05) is 18.2 Å². The van der Waals surface area contributed by atoms with Crippen LogP contribution < -0.4 is 5.32 Å². The van der Waals surface area contributed by atoms with Crippen molar-refractivity contribution >= 4 is 28.2 Å². The Morgan fingerprint density at radius 3 is 2.44 bits per heavy atom. The molecule has 1 N–H and O–H groups in total. The van der Waals surface area contributed by atoms with Gasteiger partial charge in [0, 0.05) is 28.4 Å². The minimum absolute atomic E-state index is 0.0397. The molecule has 1 amide bonds. The van der Waals surface area contributed by atoms with Crippen LogP contribution in [0.15, 0.2) is 54.9 Å². The van der Waals surface area contributed by atoms with Gasteiger partial charge in [-0.05, 0) is 82.1 Å². The second-order valence-corrected chi connectivity index (χ2v) is 9.82. The third-order valence-electron chi connectivity index (χ3n) is 6.50. The zero-order chi connectivity index (χ0) is 24.1. The Kier molecular flexibility index (Phi) is 7.75. The number of rotatable bonds is 7. The van der Waals surface area contributed by atoms with Crippen LogP contribution in [0.25, 0.3) is 0 Å². The number of nitrogens with zero attached hydrogens (tertiary/aromatic N) is 2. The fraction of sp³-hybridized carbons (Fsp3) is 0.370. The summed E-state index contributed by atoms with van der Waals surface area (Å²) in [6.07, 6.45) is 5.14. The predicted molar refractivity (Wildman–Crippen MR) is 135 cm³/mol. The van der Waals surface area contributed by atoms with Gasteiger partial charge in [-0.15, -0.1) is 11.3 Å². The molecule has 1 aliphatic rings. The minimum atomic E-state index is -0.113. The number of carbonyl (C=O) groups excluding carboxylic acids is 2. The van der Waals surface area contributed by atoms with Gasteiger partial charge >= 0.3 is 5.97 Å². The molecular weight excluding hydrogens is 446 g/mol. The number of aromatic nitrogens is 1. The smallest absolute Gasteiger partial charge is 0.309 e. The van der Waals surface area contributed by atoms with Gasteiger partial charge in [0.05, 0.1) is 18.6 Å². The number of thiophene rings is 1. The van der Waals surface area contributed by atoms with Gasteiger partial charge in [-0.3, -0.25) is 19.5 Å². The molecule has 0 bridgehead atoms. The highest BCUT2D eigenvalue weighted by Gasteiger charge is 2.34. The van der Waals surface area contributed by atoms with Gasteiger partial charge in [-0.2, -0.15) is 0 Å². The third-order valence-corrected chi connectivity index (χ3v) is 7.64. The van der Waals surface area contributed by atoms with Crippen LogP contribution in [0, 0.1) is 19.8 Å². The van der Waals surface area contributed by atoms with E-state index in [1.165, 1.54) is 10.4 Å². The molecule has 1 saturated heterocycles. The molecule has 0 radical (unpaired) electrons. The number of piperidine rings is 1. The second kappa shape index (κ2) is 10.9. The molecule has 7 heteroatoms. The van der Waals surface area contributed by atoms with E-state index < -0.39 is 0 Å². The summed E-state index contributed by atoms with van der Waals surface area (Å²) in [5.74, 6) is -0.268. The van der Waals surface area contributed by atoms with Crippen LogP contribution in [-0.4, -0.2) is 41.5 Å². The summed E-state index contributed by atoms with van der Waals surface area (Å²) in [5, 5.41) is 4.06. The van der Waals surface area contributed by atoms with E-state index in [1.807, 2.05) is 61.8 Å². The molecule has 1 fully saturated rings. The molecule has 0 unspecified atom stereocenters. The molecule has 1 aromatic carbocycles. The van der Waals surface area contributed by atoms with Gasteiger partial charge in [0.1, 0.15) is 5.00 Å². The number of carbonyl (C=O) groups is 2. The molecule has 6 nitrogen and oxygen atoms in total. The van der Waals surface area contributed by atoms with Crippen molar-refractivity contribution in [2.75, 3.05) is 25.0 Å². The van der Waals surface area contributed by atoms with Crippen LogP contribution in [0.2, 0.25) is 0 Å². The highest BCUT2D eigenvalue weighted by atomic mass is 32.1. The molecule has 0 saturated carbocycles. The Morgan fingerprint density at radius 1 is 1.12 bits per heavy atom. The van der Waals surface area contributed by atoms with Crippen molar-refractivity contribution in [1.82, 2.24) is 9.88 Å². The highest BCUT2D eigenvalue weighted by Crippen LogP contribution is 2.43.